The normalized spacial score (nSPS) is 15.2. The summed E-state index contributed by atoms with van der Waals surface area (Å²) in [5.74, 6) is 0.374. The van der Waals surface area contributed by atoms with Crippen LogP contribution in [0.15, 0.2) is 0 Å². The number of aryl methyl sites for hydroxylation is 1. The van der Waals surface area contributed by atoms with Gasteiger partial charge in [-0.1, -0.05) is 29.7 Å². The van der Waals surface area contributed by atoms with E-state index in [0.717, 1.165) is 46.0 Å². The molecule has 0 spiro atoms. The summed E-state index contributed by atoms with van der Waals surface area (Å²) in [6, 6.07) is 0.789. The van der Waals surface area contributed by atoms with Crippen molar-refractivity contribution in [3.63, 3.8) is 0 Å². The molecule has 0 aromatic carbocycles. The van der Waals surface area contributed by atoms with Gasteiger partial charge in [-0.3, -0.25) is 0 Å². The van der Waals surface area contributed by atoms with E-state index in [1.807, 2.05) is 0 Å². The lowest BCUT2D eigenvalue weighted by Gasteiger charge is -2.00. The molecule has 0 atom stereocenters. The van der Waals surface area contributed by atoms with Gasteiger partial charge in [0.1, 0.15) is 9.88 Å². The zero-order chi connectivity index (χ0) is 13.9. The highest BCUT2D eigenvalue weighted by atomic mass is 32.1. The van der Waals surface area contributed by atoms with Crippen LogP contribution in [0.4, 0.5) is 0 Å². The van der Waals surface area contributed by atoms with Crippen LogP contribution in [-0.4, -0.2) is 32.4 Å². The second kappa shape index (κ2) is 6.24. The van der Waals surface area contributed by atoms with Gasteiger partial charge in [-0.15, -0.1) is 15.3 Å². The average molecular weight is 309 g/mol. The van der Waals surface area contributed by atoms with Gasteiger partial charge in [0, 0.05) is 12.5 Å². The van der Waals surface area contributed by atoms with Crippen LogP contribution in [0, 0.1) is 0 Å². The highest BCUT2D eigenvalue weighted by molar-refractivity contribution is 7.19. The van der Waals surface area contributed by atoms with Gasteiger partial charge in [0.15, 0.2) is 5.01 Å². The summed E-state index contributed by atoms with van der Waals surface area (Å²) in [6.07, 6.45) is 4.82. The van der Waals surface area contributed by atoms with Crippen molar-refractivity contribution < 1.29 is 0 Å². The summed E-state index contributed by atoms with van der Waals surface area (Å²) in [5.41, 5.74) is 1.04. The third kappa shape index (κ3) is 3.39. The lowest BCUT2D eigenvalue weighted by molar-refractivity contribution is 0.643. The van der Waals surface area contributed by atoms with Gasteiger partial charge < -0.3 is 5.32 Å². The van der Waals surface area contributed by atoms with Crippen molar-refractivity contribution in [1.29, 1.82) is 0 Å². The lowest BCUT2D eigenvalue weighted by Crippen LogP contribution is -2.17. The molecule has 0 unspecified atom stereocenters. The molecule has 1 aliphatic carbocycles. The summed E-state index contributed by atoms with van der Waals surface area (Å²) in [5, 5.41) is 18.4. The van der Waals surface area contributed by atoms with Crippen LogP contribution < -0.4 is 5.32 Å². The van der Waals surface area contributed by atoms with Crippen molar-refractivity contribution in [3.05, 3.63) is 10.7 Å². The Morgan fingerprint density at radius 3 is 2.85 bits per heavy atom. The number of hydrogen-bond acceptors (Lipinski definition) is 7. The number of nitrogens with one attached hydrogen (secondary N) is 1. The Kier molecular flexibility index (Phi) is 4.38. The van der Waals surface area contributed by atoms with E-state index in [4.69, 9.17) is 0 Å². The zero-order valence-electron chi connectivity index (χ0n) is 11.8. The Bertz CT molecular complexity index is 559. The molecule has 1 saturated carbocycles. The Hall–Kier alpha value is -0.920. The van der Waals surface area contributed by atoms with E-state index in [-0.39, 0.29) is 0 Å². The van der Waals surface area contributed by atoms with Gasteiger partial charge >= 0.3 is 0 Å². The van der Waals surface area contributed by atoms with Gasteiger partial charge in [-0.2, -0.15) is 0 Å². The van der Waals surface area contributed by atoms with Crippen LogP contribution in [0.3, 0.4) is 0 Å². The highest BCUT2D eigenvalue weighted by Gasteiger charge is 2.20. The van der Waals surface area contributed by atoms with Gasteiger partial charge in [0.25, 0.3) is 0 Å². The van der Waals surface area contributed by atoms with E-state index in [1.54, 1.807) is 11.3 Å². The first-order valence-electron chi connectivity index (χ1n) is 7.12. The minimum Gasteiger partial charge on any atom is -0.314 e. The topological polar surface area (TPSA) is 63.6 Å². The fourth-order valence-electron chi connectivity index (χ4n) is 2.00. The van der Waals surface area contributed by atoms with Crippen molar-refractivity contribution in [2.45, 2.75) is 51.5 Å². The first-order chi connectivity index (χ1) is 9.74. The first kappa shape index (κ1) is 14.0. The quantitative estimate of drug-likeness (QED) is 0.797. The molecule has 1 aliphatic rings. The van der Waals surface area contributed by atoms with Crippen LogP contribution in [-0.2, 0) is 6.42 Å². The minimum atomic E-state index is 0.374. The van der Waals surface area contributed by atoms with E-state index in [1.165, 1.54) is 24.4 Å². The molecule has 7 heteroatoms. The number of nitrogens with zero attached hydrogens (tertiary/aromatic N) is 4. The molecule has 5 nitrogen and oxygen atoms in total. The summed E-state index contributed by atoms with van der Waals surface area (Å²) >= 11 is 3.10. The molecule has 0 saturated heterocycles. The van der Waals surface area contributed by atoms with Gasteiger partial charge in [-0.05, 0) is 43.3 Å². The fourth-order valence-corrected chi connectivity index (χ4v) is 3.77. The molecule has 2 aromatic rings. The summed E-state index contributed by atoms with van der Waals surface area (Å²) in [7, 11) is 0. The number of aromatic nitrogens is 4. The Morgan fingerprint density at radius 1 is 1.25 bits per heavy atom. The highest BCUT2D eigenvalue weighted by Crippen LogP contribution is 2.32. The monoisotopic (exact) mass is 309 g/mol. The van der Waals surface area contributed by atoms with Gasteiger partial charge in [0.2, 0.25) is 0 Å². The zero-order valence-corrected chi connectivity index (χ0v) is 13.4. The molecule has 2 aromatic heterocycles. The predicted octanol–water partition coefficient (Wildman–Crippen LogP) is 2.86. The third-order valence-corrected chi connectivity index (χ3v) is 5.18. The molecule has 3 rings (SSSR count). The summed E-state index contributed by atoms with van der Waals surface area (Å²) < 4.78 is 4.05. The average Bonchev–Trinajstić information content (AvgIpc) is 2.93. The van der Waals surface area contributed by atoms with E-state index in [9.17, 15) is 0 Å². The van der Waals surface area contributed by atoms with E-state index < -0.39 is 0 Å². The lowest BCUT2D eigenvalue weighted by atomic mass is 10.1. The van der Waals surface area contributed by atoms with E-state index in [2.05, 4.69) is 38.9 Å². The molecule has 1 fully saturated rings. The maximum atomic E-state index is 4.31. The van der Waals surface area contributed by atoms with E-state index in [0.29, 0.717) is 5.92 Å². The van der Waals surface area contributed by atoms with Crippen molar-refractivity contribution in [2.75, 3.05) is 6.54 Å². The SMILES string of the molecule is CC(C)c1nnsc1-c1nnc(CCCNC2CC2)s1. The number of rotatable bonds is 7. The van der Waals surface area contributed by atoms with Gasteiger partial charge in [-0.25, -0.2) is 0 Å². The van der Waals surface area contributed by atoms with Crippen LogP contribution in [0.5, 0.6) is 0 Å². The molecule has 108 valence electrons. The fraction of sp³-hybridized carbons (Fsp3) is 0.692. The molecule has 1 N–H and O–H groups in total. The van der Waals surface area contributed by atoms with Crippen molar-refractivity contribution in [3.8, 4) is 9.88 Å². The smallest absolute Gasteiger partial charge is 0.161 e. The second-order valence-electron chi connectivity index (χ2n) is 5.47. The van der Waals surface area contributed by atoms with E-state index >= 15 is 0 Å². The first-order valence-corrected chi connectivity index (χ1v) is 8.71. The molecule has 0 aliphatic heterocycles. The van der Waals surface area contributed by atoms with Crippen molar-refractivity contribution in [2.24, 2.45) is 0 Å². The van der Waals surface area contributed by atoms with Crippen molar-refractivity contribution in [1.82, 2.24) is 25.1 Å². The maximum Gasteiger partial charge on any atom is 0.161 e. The van der Waals surface area contributed by atoms with Gasteiger partial charge in [0.05, 0.1) is 5.69 Å². The summed E-state index contributed by atoms with van der Waals surface area (Å²) in [6.45, 7) is 5.34. The maximum absolute atomic E-state index is 4.31. The molecule has 0 bridgehead atoms. The van der Waals surface area contributed by atoms with Crippen LogP contribution >= 0.6 is 22.9 Å². The summed E-state index contributed by atoms with van der Waals surface area (Å²) in [4.78, 5) is 1.08. The van der Waals surface area contributed by atoms with Crippen LogP contribution in [0.1, 0.15) is 49.7 Å². The molecular formula is C13H19N5S2. The molecule has 20 heavy (non-hydrogen) atoms. The Balaban J connectivity index is 1.59. The molecular weight excluding hydrogens is 290 g/mol. The Labute approximate surface area is 127 Å². The van der Waals surface area contributed by atoms with Crippen LogP contribution in [0.25, 0.3) is 9.88 Å². The molecule has 0 amide bonds. The number of hydrogen-bond donors (Lipinski definition) is 1. The Morgan fingerprint density at radius 2 is 2.10 bits per heavy atom. The minimum absolute atomic E-state index is 0.374. The largest absolute Gasteiger partial charge is 0.314 e. The standard InChI is InChI=1S/C13H19N5S2/c1-8(2)11-12(20-18-16-11)13-17-15-10(19-13)4-3-7-14-9-5-6-9/h8-9,14H,3-7H2,1-2H3. The van der Waals surface area contributed by atoms with Crippen molar-refractivity contribution >= 4 is 22.9 Å². The second-order valence-corrected chi connectivity index (χ2v) is 7.29. The third-order valence-electron chi connectivity index (χ3n) is 3.30. The molecule has 0 radical (unpaired) electrons. The van der Waals surface area contributed by atoms with Crippen LogP contribution in [0.2, 0.25) is 0 Å². The molecule has 2 heterocycles. The predicted molar refractivity (Wildman–Crippen MR) is 82.2 cm³/mol.